The van der Waals surface area contributed by atoms with Gasteiger partial charge in [-0.1, -0.05) is 19.0 Å². The molecule has 4 nitrogen and oxygen atoms in total. The van der Waals surface area contributed by atoms with Gasteiger partial charge in [-0.05, 0) is 38.0 Å². The van der Waals surface area contributed by atoms with Crippen LogP contribution >= 0.6 is 0 Å². The number of oxime groups is 1. The molecule has 0 heterocycles. The number of nitrogens with zero attached hydrogens (tertiary/aromatic N) is 1. The Kier molecular flexibility index (Phi) is 6.05. The van der Waals surface area contributed by atoms with Gasteiger partial charge in [-0.2, -0.15) is 0 Å². The first kappa shape index (κ1) is 14.4. The van der Waals surface area contributed by atoms with E-state index in [1.165, 1.54) is 0 Å². The first-order valence-corrected chi connectivity index (χ1v) is 6.31. The summed E-state index contributed by atoms with van der Waals surface area (Å²) in [6.07, 6.45) is 1.89. The zero-order chi connectivity index (χ0) is 13.4. The van der Waals surface area contributed by atoms with E-state index in [0.717, 1.165) is 24.2 Å². The van der Waals surface area contributed by atoms with Gasteiger partial charge in [0.1, 0.15) is 0 Å². The van der Waals surface area contributed by atoms with E-state index in [4.69, 9.17) is 14.7 Å². The summed E-state index contributed by atoms with van der Waals surface area (Å²) in [6.45, 7) is 7.15. The molecule has 0 spiro atoms. The van der Waals surface area contributed by atoms with Gasteiger partial charge in [-0.15, -0.1) is 0 Å². The van der Waals surface area contributed by atoms with Crippen molar-refractivity contribution in [2.75, 3.05) is 13.2 Å². The maximum Gasteiger partial charge on any atom is 0.161 e. The Morgan fingerprint density at radius 3 is 2.28 bits per heavy atom. The maximum absolute atomic E-state index is 8.78. The van der Waals surface area contributed by atoms with Crippen molar-refractivity contribution in [3.63, 3.8) is 0 Å². The number of rotatable bonds is 7. The first-order valence-electron chi connectivity index (χ1n) is 6.31. The van der Waals surface area contributed by atoms with Crippen molar-refractivity contribution < 1.29 is 14.7 Å². The van der Waals surface area contributed by atoms with E-state index in [9.17, 15) is 0 Å². The van der Waals surface area contributed by atoms with E-state index < -0.39 is 0 Å². The molecule has 0 saturated carbocycles. The summed E-state index contributed by atoms with van der Waals surface area (Å²) >= 11 is 0. The largest absolute Gasteiger partial charge is 0.490 e. The van der Waals surface area contributed by atoms with Crippen LogP contribution in [-0.4, -0.2) is 24.1 Å². The standard InChI is InChI=1S/C14H21NO3/c1-4-8-17-13-7-6-12(11(3)15-16)10-14(13)18-9-5-2/h6-7,10,16H,4-5,8-9H2,1-3H3. The molecule has 18 heavy (non-hydrogen) atoms. The fourth-order valence-corrected chi connectivity index (χ4v) is 1.45. The van der Waals surface area contributed by atoms with Crippen molar-refractivity contribution in [1.82, 2.24) is 0 Å². The minimum Gasteiger partial charge on any atom is -0.490 e. The van der Waals surface area contributed by atoms with E-state index in [0.29, 0.717) is 24.7 Å². The van der Waals surface area contributed by atoms with Gasteiger partial charge in [0.2, 0.25) is 0 Å². The van der Waals surface area contributed by atoms with Crippen molar-refractivity contribution in [3.05, 3.63) is 23.8 Å². The second kappa shape index (κ2) is 7.58. The predicted molar refractivity (Wildman–Crippen MR) is 72.0 cm³/mol. The molecular formula is C14H21NO3. The topological polar surface area (TPSA) is 51.0 Å². The zero-order valence-electron chi connectivity index (χ0n) is 11.3. The van der Waals surface area contributed by atoms with E-state index >= 15 is 0 Å². The Balaban J connectivity index is 2.95. The van der Waals surface area contributed by atoms with Crippen LogP contribution in [0.3, 0.4) is 0 Å². The lowest BCUT2D eigenvalue weighted by molar-refractivity contribution is 0.268. The summed E-state index contributed by atoms with van der Waals surface area (Å²) in [7, 11) is 0. The molecular weight excluding hydrogens is 230 g/mol. The molecule has 0 atom stereocenters. The number of hydrogen-bond acceptors (Lipinski definition) is 4. The highest BCUT2D eigenvalue weighted by atomic mass is 16.5. The van der Waals surface area contributed by atoms with Crippen LogP contribution < -0.4 is 9.47 Å². The van der Waals surface area contributed by atoms with Crippen LogP contribution in [0.5, 0.6) is 11.5 Å². The van der Waals surface area contributed by atoms with Gasteiger partial charge < -0.3 is 14.7 Å². The minimum atomic E-state index is 0.554. The second-order valence-electron chi connectivity index (χ2n) is 4.04. The monoisotopic (exact) mass is 251 g/mol. The van der Waals surface area contributed by atoms with Crippen molar-refractivity contribution in [3.8, 4) is 11.5 Å². The highest BCUT2D eigenvalue weighted by Gasteiger charge is 2.08. The van der Waals surface area contributed by atoms with Gasteiger partial charge in [0.25, 0.3) is 0 Å². The lowest BCUT2D eigenvalue weighted by Gasteiger charge is -2.13. The molecule has 1 N–H and O–H groups in total. The van der Waals surface area contributed by atoms with E-state index in [1.54, 1.807) is 6.92 Å². The summed E-state index contributed by atoms with van der Waals surface area (Å²) in [4.78, 5) is 0. The molecule has 0 saturated heterocycles. The molecule has 0 radical (unpaired) electrons. The van der Waals surface area contributed by atoms with E-state index in [-0.39, 0.29) is 0 Å². The van der Waals surface area contributed by atoms with Crippen LogP contribution in [0, 0.1) is 0 Å². The fourth-order valence-electron chi connectivity index (χ4n) is 1.45. The minimum absolute atomic E-state index is 0.554. The lowest BCUT2D eigenvalue weighted by Crippen LogP contribution is -2.03. The Bertz CT molecular complexity index is 402. The van der Waals surface area contributed by atoms with E-state index in [1.807, 2.05) is 18.2 Å². The summed E-state index contributed by atoms with van der Waals surface area (Å²) in [5.74, 6) is 1.44. The van der Waals surface area contributed by atoms with E-state index in [2.05, 4.69) is 19.0 Å². The lowest BCUT2D eigenvalue weighted by atomic mass is 10.1. The molecule has 0 amide bonds. The van der Waals surface area contributed by atoms with Crippen LogP contribution in [0.25, 0.3) is 0 Å². The highest BCUT2D eigenvalue weighted by molar-refractivity contribution is 5.98. The molecule has 1 rings (SSSR count). The third-order valence-electron chi connectivity index (χ3n) is 2.43. The Labute approximate surface area is 108 Å². The molecule has 0 aliphatic heterocycles. The van der Waals surface area contributed by atoms with Crippen LogP contribution in [0.1, 0.15) is 39.2 Å². The predicted octanol–water partition coefficient (Wildman–Crippen LogP) is 3.46. The van der Waals surface area contributed by atoms with Crippen molar-refractivity contribution >= 4 is 5.71 Å². The Morgan fingerprint density at radius 2 is 1.72 bits per heavy atom. The van der Waals surface area contributed by atoms with Gasteiger partial charge in [-0.25, -0.2) is 0 Å². The number of ether oxygens (including phenoxy) is 2. The maximum atomic E-state index is 8.78. The molecule has 0 bridgehead atoms. The van der Waals surface area contributed by atoms with Crippen LogP contribution in [0.4, 0.5) is 0 Å². The fraction of sp³-hybridized carbons (Fsp3) is 0.500. The molecule has 0 aliphatic rings. The van der Waals surface area contributed by atoms with Gasteiger partial charge in [0.15, 0.2) is 11.5 Å². The summed E-state index contributed by atoms with van der Waals surface area (Å²) in [5, 5.41) is 12.0. The van der Waals surface area contributed by atoms with Crippen LogP contribution in [-0.2, 0) is 0 Å². The van der Waals surface area contributed by atoms with Gasteiger partial charge >= 0.3 is 0 Å². The van der Waals surface area contributed by atoms with Crippen molar-refractivity contribution in [2.45, 2.75) is 33.6 Å². The smallest absolute Gasteiger partial charge is 0.161 e. The molecule has 0 fully saturated rings. The van der Waals surface area contributed by atoms with Crippen LogP contribution in [0.2, 0.25) is 0 Å². The van der Waals surface area contributed by atoms with Gasteiger partial charge in [0, 0.05) is 5.56 Å². The van der Waals surface area contributed by atoms with Crippen LogP contribution in [0.15, 0.2) is 23.4 Å². The molecule has 0 aliphatic carbocycles. The SMILES string of the molecule is CCCOc1ccc(C(C)=NO)cc1OCCC. The van der Waals surface area contributed by atoms with Gasteiger partial charge in [-0.3, -0.25) is 0 Å². The number of hydrogen-bond donors (Lipinski definition) is 1. The molecule has 1 aromatic carbocycles. The third kappa shape index (κ3) is 3.95. The van der Waals surface area contributed by atoms with Crippen molar-refractivity contribution in [1.29, 1.82) is 0 Å². The number of benzene rings is 1. The molecule has 0 unspecified atom stereocenters. The van der Waals surface area contributed by atoms with Crippen molar-refractivity contribution in [2.24, 2.45) is 5.16 Å². The second-order valence-corrected chi connectivity index (χ2v) is 4.04. The first-order chi connectivity index (χ1) is 8.72. The average molecular weight is 251 g/mol. The Morgan fingerprint density at radius 1 is 1.11 bits per heavy atom. The summed E-state index contributed by atoms with van der Waals surface area (Å²) < 4.78 is 11.3. The summed E-state index contributed by atoms with van der Waals surface area (Å²) in [5.41, 5.74) is 1.38. The molecule has 1 aromatic rings. The molecule has 4 heteroatoms. The Hall–Kier alpha value is -1.71. The van der Waals surface area contributed by atoms with Gasteiger partial charge in [0.05, 0.1) is 18.9 Å². The molecule has 0 aromatic heterocycles. The third-order valence-corrected chi connectivity index (χ3v) is 2.43. The normalized spacial score (nSPS) is 11.4. The molecule has 100 valence electrons. The quantitative estimate of drug-likeness (QED) is 0.458. The average Bonchev–Trinajstić information content (AvgIpc) is 2.42. The zero-order valence-corrected chi connectivity index (χ0v) is 11.3. The highest BCUT2D eigenvalue weighted by Crippen LogP contribution is 2.29. The summed E-state index contributed by atoms with van der Waals surface area (Å²) in [6, 6.07) is 5.55.